The molecule has 0 fully saturated rings. The van der Waals surface area contributed by atoms with Crippen LogP contribution in [-0.4, -0.2) is 21.7 Å². The Hall–Kier alpha value is -3.04. The van der Waals surface area contributed by atoms with Gasteiger partial charge < -0.3 is 14.6 Å². The van der Waals surface area contributed by atoms with E-state index in [9.17, 15) is 10.1 Å². The van der Waals surface area contributed by atoms with Gasteiger partial charge in [-0.25, -0.2) is 4.79 Å². The van der Waals surface area contributed by atoms with Crippen molar-refractivity contribution in [3.05, 3.63) is 52.8 Å². The minimum atomic E-state index is -0.479. The number of rotatable bonds is 4. The molecule has 0 spiro atoms. The van der Waals surface area contributed by atoms with Crippen molar-refractivity contribution in [3.63, 3.8) is 0 Å². The third-order valence-corrected chi connectivity index (χ3v) is 4.36. The van der Waals surface area contributed by atoms with E-state index in [1.54, 1.807) is 32.3 Å². The molecule has 1 amide bonds. The monoisotopic (exact) mass is 382 g/mol. The summed E-state index contributed by atoms with van der Waals surface area (Å²) in [6, 6.07) is 9.64. The highest BCUT2D eigenvalue weighted by atomic mass is 35.5. The fraction of sp³-hybridized carbons (Fsp3) is 0.250. The minimum absolute atomic E-state index is 0.185. The number of carbonyl (C=O) groups is 1. The van der Waals surface area contributed by atoms with Crippen LogP contribution < -0.4 is 5.32 Å². The van der Waals surface area contributed by atoms with Gasteiger partial charge in [-0.2, -0.15) is 5.26 Å². The number of alkyl carbamates (subject to hydrolysis) is 1. The third kappa shape index (κ3) is 3.88. The van der Waals surface area contributed by atoms with E-state index in [2.05, 4.69) is 16.4 Å². The fourth-order valence-corrected chi connectivity index (χ4v) is 3.17. The van der Waals surface area contributed by atoms with Crippen LogP contribution in [-0.2, 0) is 18.3 Å². The Morgan fingerprint density at radius 3 is 2.85 bits per heavy atom. The van der Waals surface area contributed by atoms with E-state index in [0.29, 0.717) is 10.6 Å². The summed E-state index contributed by atoms with van der Waals surface area (Å²) in [6.07, 6.45) is 2.71. The van der Waals surface area contributed by atoms with Crippen molar-refractivity contribution in [3.8, 4) is 17.3 Å². The highest BCUT2D eigenvalue weighted by Gasteiger charge is 2.17. The van der Waals surface area contributed by atoms with Gasteiger partial charge in [-0.05, 0) is 43.7 Å². The zero-order valence-electron chi connectivity index (χ0n) is 15.3. The fourth-order valence-electron chi connectivity index (χ4n) is 3.00. The zero-order valence-corrected chi connectivity index (χ0v) is 16.0. The number of fused-ring (bicyclic) bond motifs is 1. The van der Waals surface area contributed by atoms with Gasteiger partial charge in [-0.3, -0.25) is 4.98 Å². The van der Waals surface area contributed by atoms with E-state index in [4.69, 9.17) is 16.3 Å². The van der Waals surface area contributed by atoms with Crippen LogP contribution >= 0.6 is 11.6 Å². The van der Waals surface area contributed by atoms with Crippen LogP contribution in [0.4, 0.5) is 4.79 Å². The number of nitrogens with one attached hydrogen (secondary N) is 1. The number of hydrogen-bond donors (Lipinski definition) is 1. The molecule has 0 bridgehead atoms. The molecule has 0 atom stereocenters. The Kier molecular flexibility index (Phi) is 5.33. The lowest BCUT2D eigenvalue weighted by atomic mass is 10.1. The molecule has 0 aliphatic carbocycles. The highest BCUT2D eigenvalue weighted by molar-refractivity contribution is 6.31. The zero-order chi connectivity index (χ0) is 19.6. The highest BCUT2D eigenvalue weighted by Crippen LogP contribution is 2.33. The largest absolute Gasteiger partial charge is 0.447 e. The molecular weight excluding hydrogens is 364 g/mol. The normalized spacial score (nSPS) is 10.8. The number of aromatic nitrogens is 2. The number of nitrogens with zero attached hydrogens (tertiary/aromatic N) is 3. The van der Waals surface area contributed by atoms with Crippen LogP contribution in [0.25, 0.3) is 22.2 Å². The molecule has 3 rings (SSSR count). The number of amides is 1. The summed E-state index contributed by atoms with van der Waals surface area (Å²) in [6.45, 7) is 3.86. The van der Waals surface area contributed by atoms with Crippen molar-refractivity contribution in [1.82, 2.24) is 14.9 Å². The number of carbonyl (C=O) groups excluding carboxylic acids is 1. The van der Waals surface area contributed by atoms with Gasteiger partial charge in [0.15, 0.2) is 0 Å². The van der Waals surface area contributed by atoms with Crippen molar-refractivity contribution >= 4 is 28.6 Å². The molecule has 0 aliphatic rings. The summed E-state index contributed by atoms with van der Waals surface area (Å²) < 4.78 is 6.99. The topological polar surface area (TPSA) is 79.9 Å². The maximum atomic E-state index is 11.7. The van der Waals surface area contributed by atoms with E-state index in [1.807, 2.05) is 29.8 Å². The van der Waals surface area contributed by atoms with Gasteiger partial charge in [0.1, 0.15) is 6.07 Å². The Balaban J connectivity index is 1.97. The average molecular weight is 383 g/mol. The molecule has 0 unspecified atom stereocenters. The lowest BCUT2D eigenvalue weighted by molar-refractivity contribution is 0.115. The predicted octanol–water partition coefficient (Wildman–Crippen LogP) is 4.40. The summed E-state index contributed by atoms with van der Waals surface area (Å²) in [5, 5.41) is 13.8. The van der Waals surface area contributed by atoms with E-state index < -0.39 is 6.09 Å². The minimum Gasteiger partial charge on any atom is -0.447 e. The van der Waals surface area contributed by atoms with Crippen molar-refractivity contribution in [2.24, 2.45) is 7.05 Å². The number of pyridine rings is 1. The van der Waals surface area contributed by atoms with Crippen LogP contribution in [0.15, 0.2) is 36.7 Å². The molecule has 1 aromatic carbocycles. The van der Waals surface area contributed by atoms with E-state index >= 15 is 0 Å². The lowest BCUT2D eigenvalue weighted by Gasteiger charge is -2.10. The molecule has 0 saturated heterocycles. The maximum absolute atomic E-state index is 11.7. The second-order valence-corrected chi connectivity index (χ2v) is 6.88. The summed E-state index contributed by atoms with van der Waals surface area (Å²) >= 11 is 6.11. The van der Waals surface area contributed by atoms with Crippen LogP contribution in [0, 0.1) is 11.3 Å². The Labute approximate surface area is 162 Å². The lowest BCUT2D eigenvalue weighted by Crippen LogP contribution is -2.26. The second-order valence-electron chi connectivity index (χ2n) is 6.45. The van der Waals surface area contributed by atoms with Gasteiger partial charge in [0.25, 0.3) is 0 Å². The Morgan fingerprint density at radius 2 is 2.15 bits per heavy atom. The first-order valence-corrected chi connectivity index (χ1v) is 8.85. The van der Waals surface area contributed by atoms with Gasteiger partial charge in [0.2, 0.25) is 0 Å². The van der Waals surface area contributed by atoms with Crippen LogP contribution in [0.3, 0.4) is 0 Å². The maximum Gasteiger partial charge on any atom is 0.407 e. The van der Waals surface area contributed by atoms with Gasteiger partial charge in [0, 0.05) is 42.0 Å². The molecule has 6 nitrogen and oxygen atoms in total. The Bertz CT molecular complexity index is 1050. The number of ether oxygens (including phenoxy) is 1. The van der Waals surface area contributed by atoms with E-state index in [1.165, 1.54) is 0 Å². The number of halogens is 1. The first-order valence-electron chi connectivity index (χ1n) is 8.47. The molecule has 138 valence electrons. The van der Waals surface area contributed by atoms with Crippen LogP contribution in [0.5, 0.6) is 0 Å². The predicted molar refractivity (Wildman–Crippen MR) is 104 cm³/mol. The van der Waals surface area contributed by atoms with Gasteiger partial charge in [-0.1, -0.05) is 11.6 Å². The summed E-state index contributed by atoms with van der Waals surface area (Å²) in [5.41, 5.74) is 3.79. The third-order valence-electron chi connectivity index (χ3n) is 4.12. The summed E-state index contributed by atoms with van der Waals surface area (Å²) in [7, 11) is 1.89. The van der Waals surface area contributed by atoms with Crippen molar-refractivity contribution in [2.45, 2.75) is 26.5 Å². The molecule has 0 aliphatic heterocycles. The first-order chi connectivity index (χ1) is 12.9. The number of hydrogen-bond acceptors (Lipinski definition) is 4. The van der Waals surface area contributed by atoms with Gasteiger partial charge in [-0.15, -0.1) is 0 Å². The number of nitriles is 1. The Morgan fingerprint density at radius 1 is 1.37 bits per heavy atom. The van der Waals surface area contributed by atoms with Crippen LogP contribution in [0.2, 0.25) is 5.02 Å². The SMILES string of the molecule is CC(C)OC(=O)NCc1cncc(-c2c(C#N)c3ccc(Cl)cc3n2C)c1. The molecular formula is C20H19ClN4O2. The summed E-state index contributed by atoms with van der Waals surface area (Å²) in [4.78, 5) is 15.9. The van der Waals surface area contributed by atoms with Gasteiger partial charge >= 0.3 is 6.09 Å². The van der Waals surface area contributed by atoms with Gasteiger partial charge in [0.05, 0.1) is 22.9 Å². The molecule has 0 saturated carbocycles. The first kappa shape index (κ1) is 18.7. The number of aryl methyl sites for hydroxylation is 1. The smallest absolute Gasteiger partial charge is 0.407 e. The van der Waals surface area contributed by atoms with Crippen molar-refractivity contribution in [1.29, 1.82) is 5.26 Å². The van der Waals surface area contributed by atoms with Crippen LogP contribution in [0.1, 0.15) is 25.0 Å². The van der Waals surface area contributed by atoms with E-state index in [0.717, 1.165) is 27.7 Å². The average Bonchev–Trinajstić information content (AvgIpc) is 2.91. The second kappa shape index (κ2) is 7.68. The number of benzene rings is 1. The van der Waals surface area contributed by atoms with E-state index in [-0.39, 0.29) is 12.6 Å². The molecule has 2 heterocycles. The molecule has 2 aromatic heterocycles. The molecule has 0 radical (unpaired) electrons. The molecule has 3 aromatic rings. The molecule has 27 heavy (non-hydrogen) atoms. The van der Waals surface area contributed by atoms with Crippen molar-refractivity contribution in [2.75, 3.05) is 0 Å². The van der Waals surface area contributed by atoms with Crippen molar-refractivity contribution < 1.29 is 9.53 Å². The summed E-state index contributed by atoms with van der Waals surface area (Å²) in [5.74, 6) is 0. The molecule has 1 N–H and O–H groups in total. The standard InChI is InChI=1S/C20H19ClN4O2/c1-12(2)27-20(26)24-10-13-6-14(11-23-9-13)19-17(8-22)16-5-4-15(21)7-18(16)25(19)3/h4-7,9,11-12H,10H2,1-3H3,(H,24,26). The molecule has 7 heteroatoms. The quantitative estimate of drug-likeness (QED) is 0.725.